The first-order valence-electron chi connectivity index (χ1n) is 7.05. The minimum Gasteiger partial charge on any atom is -0.449 e. The van der Waals surface area contributed by atoms with Crippen LogP contribution in [0, 0.1) is 0 Å². The van der Waals surface area contributed by atoms with Crippen molar-refractivity contribution in [2.24, 2.45) is 0 Å². The van der Waals surface area contributed by atoms with Crippen LogP contribution in [0.1, 0.15) is 34.9 Å². The van der Waals surface area contributed by atoms with E-state index in [-0.39, 0.29) is 17.8 Å². The largest absolute Gasteiger partial charge is 0.512 e. The molecule has 0 spiro atoms. The summed E-state index contributed by atoms with van der Waals surface area (Å²) < 4.78 is 6.58. The molecule has 1 atom stereocenters. The van der Waals surface area contributed by atoms with E-state index in [0.29, 0.717) is 23.5 Å². The molecular formula is C15H13N3O4. The van der Waals surface area contributed by atoms with Crippen molar-refractivity contribution in [2.45, 2.75) is 18.9 Å². The van der Waals surface area contributed by atoms with Crippen molar-refractivity contribution in [1.82, 2.24) is 14.5 Å². The van der Waals surface area contributed by atoms with Gasteiger partial charge in [0.1, 0.15) is 12.0 Å². The van der Waals surface area contributed by atoms with Gasteiger partial charge in [0, 0.05) is 6.54 Å². The molecule has 0 unspecified atom stereocenters. The van der Waals surface area contributed by atoms with E-state index in [0.717, 1.165) is 12.8 Å². The van der Waals surface area contributed by atoms with Crippen molar-refractivity contribution >= 4 is 12.1 Å². The Labute approximate surface area is 125 Å². The second-order valence-electron chi connectivity index (χ2n) is 5.35. The monoisotopic (exact) mass is 299 g/mol. The second kappa shape index (κ2) is 4.59. The van der Waals surface area contributed by atoms with Gasteiger partial charge in [-0.1, -0.05) is 12.1 Å². The molecule has 1 fully saturated rings. The number of nitrogens with zero attached hydrogens (tertiary/aromatic N) is 3. The summed E-state index contributed by atoms with van der Waals surface area (Å²) in [6.45, 7) is 0.648. The fourth-order valence-corrected chi connectivity index (χ4v) is 3.31. The maximum atomic E-state index is 12.8. The van der Waals surface area contributed by atoms with Crippen molar-refractivity contribution in [3.8, 4) is 11.6 Å². The Bertz CT molecular complexity index is 783. The molecule has 1 saturated heterocycles. The summed E-state index contributed by atoms with van der Waals surface area (Å²) in [5.74, 6) is 0.0111. The summed E-state index contributed by atoms with van der Waals surface area (Å²) in [5.41, 5.74) is 1.91. The zero-order valence-corrected chi connectivity index (χ0v) is 11.6. The molecule has 2 aliphatic heterocycles. The summed E-state index contributed by atoms with van der Waals surface area (Å²) in [5, 5.41) is 8.89. The lowest BCUT2D eigenvalue weighted by Gasteiger charge is -2.22. The molecule has 22 heavy (non-hydrogen) atoms. The van der Waals surface area contributed by atoms with Crippen molar-refractivity contribution in [1.29, 1.82) is 0 Å². The molecule has 0 aliphatic carbocycles. The number of para-hydroxylation sites is 1. The van der Waals surface area contributed by atoms with E-state index < -0.39 is 6.16 Å². The minimum atomic E-state index is -1.41. The summed E-state index contributed by atoms with van der Waals surface area (Å²) in [6, 6.07) is 7.05. The summed E-state index contributed by atoms with van der Waals surface area (Å²) in [7, 11) is 0. The first-order valence-corrected chi connectivity index (χ1v) is 7.05. The molecule has 4 rings (SSSR count). The maximum absolute atomic E-state index is 12.8. The Morgan fingerprint density at radius 3 is 3.00 bits per heavy atom. The van der Waals surface area contributed by atoms with Crippen LogP contribution in [0.2, 0.25) is 0 Å². The van der Waals surface area contributed by atoms with Crippen molar-refractivity contribution in [2.75, 3.05) is 6.54 Å². The van der Waals surface area contributed by atoms with Gasteiger partial charge < -0.3 is 14.7 Å². The lowest BCUT2D eigenvalue weighted by Crippen LogP contribution is -2.29. The van der Waals surface area contributed by atoms with Crippen LogP contribution in [0.4, 0.5) is 4.79 Å². The zero-order valence-electron chi connectivity index (χ0n) is 11.6. The molecule has 7 nitrogen and oxygen atoms in total. The molecule has 1 aromatic heterocycles. The number of carbonyl (C=O) groups excluding carboxylic acids is 1. The van der Waals surface area contributed by atoms with Gasteiger partial charge in [0.05, 0.1) is 17.3 Å². The molecular weight excluding hydrogens is 286 g/mol. The predicted octanol–water partition coefficient (Wildman–Crippen LogP) is 2.22. The van der Waals surface area contributed by atoms with Gasteiger partial charge in [-0.25, -0.2) is 9.78 Å². The minimum absolute atomic E-state index is 0.0388. The average molecular weight is 299 g/mol. The van der Waals surface area contributed by atoms with E-state index in [9.17, 15) is 9.59 Å². The molecule has 0 bridgehead atoms. The molecule has 112 valence electrons. The van der Waals surface area contributed by atoms with Crippen LogP contribution >= 0.6 is 0 Å². The van der Waals surface area contributed by atoms with E-state index in [1.807, 2.05) is 18.2 Å². The van der Waals surface area contributed by atoms with Gasteiger partial charge in [0.15, 0.2) is 0 Å². The van der Waals surface area contributed by atoms with Gasteiger partial charge in [-0.15, -0.1) is 0 Å². The number of carbonyl (C=O) groups is 2. The van der Waals surface area contributed by atoms with Gasteiger partial charge in [0.2, 0.25) is 5.88 Å². The number of ether oxygens (including phenoxy) is 1. The van der Waals surface area contributed by atoms with Gasteiger partial charge in [-0.05, 0) is 25.0 Å². The SMILES string of the molecule is O=C(O)Oc1ncn2c1[C@@H]1CCCN1C(=O)c1ccccc1-2. The Morgan fingerprint density at radius 2 is 2.18 bits per heavy atom. The zero-order chi connectivity index (χ0) is 15.3. The number of benzene rings is 1. The third-order valence-corrected chi connectivity index (χ3v) is 4.18. The van der Waals surface area contributed by atoms with E-state index in [2.05, 4.69) is 4.98 Å². The first kappa shape index (κ1) is 12.9. The number of carboxylic acid groups (broad SMARTS) is 1. The molecule has 7 heteroatoms. The highest BCUT2D eigenvalue weighted by Gasteiger charge is 2.39. The number of rotatable bonds is 1. The van der Waals surface area contributed by atoms with E-state index >= 15 is 0 Å². The summed E-state index contributed by atoms with van der Waals surface area (Å²) in [6.07, 6.45) is 1.74. The Morgan fingerprint density at radius 1 is 1.36 bits per heavy atom. The van der Waals surface area contributed by atoms with Gasteiger partial charge in [-0.2, -0.15) is 0 Å². The highest BCUT2D eigenvalue weighted by Crippen LogP contribution is 2.41. The Kier molecular flexibility index (Phi) is 2.69. The van der Waals surface area contributed by atoms with Crippen molar-refractivity contribution < 1.29 is 19.4 Å². The van der Waals surface area contributed by atoms with Crippen LogP contribution in [0.5, 0.6) is 5.88 Å². The highest BCUT2D eigenvalue weighted by molar-refractivity contribution is 5.99. The lowest BCUT2D eigenvalue weighted by molar-refractivity contribution is 0.0737. The predicted molar refractivity (Wildman–Crippen MR) is 75.2 cm³/mol. The quantitative estimate of drug-likeness (QED) is 0.816. The number of imidazole rings is 1. The molecule has 3 heterocycles. The molecule has 2 aromatic rings. The second-order valence-corrected chi connectivity index (χ2v) is 5.35. The molecule has 2 aliphatic rings. The first-order chi connectivity index (χ1) is 10.7. The summed E-state index contributed by atoms with van der Waals surface area (Å²) in [4.78, 5) is 29.5. The number of fused-ring (bicyclic) bond motifs is 5. The maximum Gasteiger partial charge on any atom is 0.512 e. The van der Waals surface area contributed by atoms with Crippen molar-refractivity contribution in [3.63, 3.8) is 0 Å². The molecule has 0 radical (unpaired) electrons. The van der Waals surface area contributed by atoms with Crippen LogP contribution < -0.4 is 4.74 Å². The normalized spacial score (nSPS) is 19.2. The smallest absolute Gasteiger partial charge is 0.449 e. The summed E-state index contributed by atoms with van der Waals surface area (Å²) >= 11 is 0. The topological polar surface area (TPSA) is 84.7 Å². The highest BCUT2D eigenvalue weighted by atomic mass is 16.7. The molecule has 1 aromatic carbocycles. The third kappa shape index (κ3) is 1.71. The van der Waals surface area contributed by atoms with Crippen LogP contribution in [0.15, 0.2) is 30.6 Å². The van der Waals surface area contributed by atoms with Crippen LogP contribution in [0.3, 0.4) is 0 Å². The number of amides is 1. The van der Waals surface area contributed by atoms with Crippen LogP contribution in [-0.2, 0) is 0 Å². The standard InChI is InChI=1S/C15H13N3O4/c19-14-9-4-1-2-5-10(9)18-8-16-13(22-15(20)21)12(18)11-6-3-7-17(11)14/h1-2,4-5,8,11H,3,6-7H2,(H,20,21)/t11-/m0/s1. The Hall–Kier alpha value is -2.83. The van der Waals surface area contributed by atoms with Crippen molar-refractivity contribution in [3.05, 3.63) is 41.9 Å². The molecule has 0 saturated carbocycles. The third-order valence-electron chi connectivity index (χ3n) is 4.18. The lowest BCUT2D eigenvalue weighted by atomic mass is 10.1. The van der Waals surface area contributed by atoms with E-state index in [1.54, 1.807) is 15.5 Å². The van der Waals surface area contributed by atoms with Gasteiger partial charge in [-0.3, -0.25) is 9.36 Å². The Balaban J connectivity index is 1.97. The van der Waals surface area contributed by atoms with Crippen LogP contribution in [0.25, 0.3) is 5.69 Å². The molecule has 1 amide bonds. The fraction of sp³-hybridized carbons (Fsp3) is 0.267. The van der Waals surface area contributed by atoms with Gasteiger partial charge >= 0.3 is 6.16 Å². The fourth-order valence-electron chi connectivity index (χ4n) is 3.31. The number of aromatic nitrogens is 2. The van der Waals surface area contributed by atoms with E-state index in [4.69, 9.17) is 9.84 Å². The van der Waals surface area contributed by atoms with E-state index in [1.165, 1.54) is 6.33 Å². The van der Waals surface area contributed by atoms with Gasteiger partial charge in [0.25, 0.3) is 5.91 Å². The van der Waals surface area contributed by atoms with Crippen LogP contribution in [-0.4, -0.2) is 38.2 Å². The molecule has 1 N–H and O–H groups in total. The number of hydrogen-bond donors (Lipinski definition) is 1. The number of hydrogen-bond acceptors (Lipinski definition) is 4. The average Bonchev–Trinajstić information content (AvgIpc) is 3.10.